The lowest BCUT2D eigenvalue weighted by Gasteiger charge is -2.09. The summed E-state index contributed by atoms with van der Waals surface area (Å²) in [7, 11) is 0. The first-order chi connectivity index (χ1) is 13.1. The van der Waals surface area contributed by atoms with Gasteiger partial charge < -0.3 is 10.1 Å². The molecule has 27 heavy (non-hydrogen) atoms. The molecular weight excluding hydrogens is 340 g/mol. The number of carbonyl (C=O) groups excluding carboxylic acids is 1. The first-order valence-corrected chi connectivity index (χ1v) is 8.98. The van der Waals surface area contributed by atoms with E-state index >= 15 is 0 Å². The van der Waals surface area contributed by atoms with E-state index in [0.29, 0.717) is 13.0 Å². The molecular formula is C21H24N4O2. The number of amides is 1. The van der Waals surface area contributed by atoms with Crippen molar-refractivity contribution in [1.82, 2.24) is 20.1 Å². The molecule has 0 bridgehead atoms. The van der Waals surface area contributed by atoms with Crippen LogP contribution in [0.25, 0.3) is 5.82 Å². The largest absolute Gasteiger partial charge is 0.484 e. The Morgan fingerprint density at radius 3 is 2.63 bits per heavy atom. The van der Waals surface area contributed by atoms with Crippen LogP contribution in [0.5, 0.6) is 5.75 Å². The van der Waals surface area contributed by atoms with Crippen LogP contribution in [0.1, 0.15) is 22.5 Å². The van der Waals surface area contributed by atoms with Gasteiger partial charge in [-0.25, -0.2) is 9.67 Å². The summed E-state index contributed by atoms with van der Waals surface area (Å²) in [6, 6.07) is 13.4. The van der Waals surface area contributed by atoms with Crippen molar-refractivity contribution < 1.29 is 9.53 Å². The highest BCUT2D eigenvalue weighted by Crippen LogP contribution is 2.17. The molecule has 0 fully saturated rings. The van der Waals surface area contributed by atoms with Gasteiger partial charge in [0.15, 0.2) is 12.4 Å². The molecule has 1 aromatic carbocycles. The summed E-state index contributed by atoms with van der Waals surface area (Å²) in [6.45, 7) is 6.50. The standard InChI is InChI=1S/C21H24N4O2/c1-15-8-4-5-9-19(15)27-14-21(26)23-13-11-18-16(2)24-25(17(18)3)20-10-6-7-12-22-20/h4-10,12H,11,13-14H2,1-3H3,(H,23,26). The number of hydrogen-bond acceptors (Lipinski definition) is 4. The fraction of sp³-hybridized carbons (Fsp3) is 0.286. The number of ether oxygens (including phenoxy) is 1. The molecule has 6 heteroatoms. The number of carbonyl (C=O) groups is 1. The number of hydrogen-bond donors (Lipinski definition) is 1. The Morgan fingerprint density at radius 2 is 1.89 bits per heavy atom. The van der Waals surface area contributed by atoms with Crippen LogP contribution in [-0.2, 0) is 11.2 Å². The maximum absolute atomic E-state index is 12.0. The van der Waals surface area contributed by atoms with Crippen LogP contribution >= 0.6 is 0 Å². The van der Waals surface area contributed by atoms with E-state index in [2.05, 4.69) is 15.4 Å². The lowest BCUT2D eigenvalue weighted by Crippen LogP contribution is -2.30. The molecule has 1 amide bonds. The van der Waals surface area contributed by atoms with Crippen molar-refractivity contribution in [2.45, 2.75) is 27.2 Å². The number of benzene rings is 1. The average molecular weight is 364 g/mol. The molecule has 0 saturated carbocycles. The Bertz CT molecular complexity index is 919. The molecule has 6 nitrogen and oxygen atoms in total. The topological polar surface area (TPSA) is 69.0 Å². The summed E-state index contributed by atoms with van der Waals surface area (Å²) in [5, 5.41) is 7.49. The van der Waals surface area contributed by atoms with Gasteiger partial charge in [-0.3, -0.25) is 4.79 Å². The Balaban J connectivity index is 1.54. The zero-order valence-electron chi connectivity index (χ0n) is 15.9. The van der Waals surface area contributed by atoms with E-state index < -0.39 is 0 Å². The van der Waals surface area contributed by atoms with Crippen LogP contribution < -0.4 is 10.1 Å². The number of pyridine rings is 1. The van der Waals surface area contributed by atoms with Crippen LogP contribution in [0.3, 0.4) is 0 Å². The second-order valence-electron chi connectivity index (χ2n) is 6.40. The average Bonchev–Trinajstić information content (AvgIpc) is 2.96. The first-order valence-electron chi connectivity index (χ1n) is 8.98. The second-order valence-corrected chi connectivity index (χ2v) is 6.40. The first kappa shape index (κ1) is 18.6. The molecule has 0 saturated heterocycles. The smallest absolute Gasteiger partial charge is 0.257 e. The fourth-order valence-corrected chi connectivity index (χ4v) is 2.98. The van der Waals surface area contributed by atoms with Crippen molar-refractivity contribution >= 4 is 5.91 Å². The van der Waals surface area contributed by atoms with Crippen molar-refractivity contribution in [2.24, 2.45) is 0 Å². The summed E-state index contributed by atoms with van der Waals surface area (Å²) in [5.74, 6) is 1.39. The van der Waals surface area contributed by atoms with E-state index in [1.165, 1.54) is 0 Å². The third-order valence-corrected chi connectivity index (χ3v) is 4.46. The maximum Gasteiger partial charge on any atom is 0.257 e. The number of aryl methyl sites for hydroxylation is 2. The minimum absolute atomic E-state index is 0.00994. The van der Waals surface area contributed by atoms with E-state index in [0.717, 1.165) is 34.1 Å². The molecule has 2 heterocycles. The third kappa shape index (κ3) is 4.53. The predicted molar refractivity (Wildman–Crippen MR) is 104 cm³/mol. The van der Waals surface area contributed by atoms with E-state index in [4.69, 9.17) is 4.74 Å². The molecule has 0 spiro atoms. The molecule has 0 unspecified atom stereocenters. The molecule has 0 aliphatic heterocycles. The van der Waals surface area contributed by atoms with Gasteiger partial charge >= 0.3 is 0 Å². The monoisotopic (exact) mass is 364 g/mol. The number of nitrogens with one attached hydrogen (secondary N) is 1. The Kier molecular flexibility index (Phi) is 5.86. The van der Waals surface area contributed by atoms with Crippen LogP contribution in [0.15, 0.2) is 48.7 Å². The minimum Gasteiger partial charge on any atom is -0.484 e. The van der Waals surface area contributed by atoms with Gasteiger partial charge in [0.2, 0.25) is 0 Å². The van der Waals surface area contributed by atoms with E-state index in [-0.39, 0.29) is 12.5 Å². The minimum atomic E-state index is -0.134. The Labute approximate surface area is 159 Å². The van der Waals surface area contributed by atoms with E-state index in [1.54, 1.807) is 6.20 Å². The second kappa shape index (κ2) is 8.49. The van der Waals surface area contributed by atoms with Gasteiger partial charge in [-0.15, -0.1) is 0 Å². The van der Waals surface area contributed by atoms with Crippen LogP contribution in [0.2, 0.25) is 0 Å². The summed E-state index contributed by atoms with van der Waals surface area (Å²) < 4.78 is 7.42. The van der Waals surface area contributed by atoms with Crippen LogP contribution in [0, 0.1) is 20.8 Å². The molecule has 0 atom stereocenters. The van der Waals surface area contributed by atoms with Gasteiger partial charge in [0.05, 0.1) is 5.69 Å². The molecule has 3 rings (SSSR count). The molecule has 0 aliphatic rings. The maximum atomic E-state index is 12.0. The summed E-state index contributed by atoms with van der Waals surface area (Å²) in [6.07, 6.45) is 2.46. The molecule has 1 N–H and O–H groups in total. The van der Waals surface area contributed by atoms with Gasteiger partial charge in [-0.2, -0.15) is 5.10 Å². The van der Waals surface area contributed by atoms with Crippen molar-refractivity contribution in [2.75, 3.05) is 13.2 Å². The highest BCUT2D eigenvalue weighted by Gasteiger charge is 2.13. The predicted octanol–water partition coefficient (Wildman–Crippen LogP) is 2.93. The van der Waals surface area contributed by atoms with Crippen LogP contribution in [-0.4, -0.2) is 33.8 Å². The molecule has 140 valence electrons. The van der Waals surface area contributed by atoms with Gasteiger partial charge in [0.25, 0.3) is 5.91 Å². The number of aromatic nitrogens is 3. The molecule has 3 aromatic rings. The normalized spacial score (nSPS) is 10.6. The molecule has 0 aliphatic carbocycles. The highest BCUT2D eigenvalue weighted by atomic mass is 16.5. The number of para-hydroxylation sites is 1. The lowest BCUT2D eigenvalue weighted by atomic mass is 10.1. The highest BCUT2D eigenvalue weighted by molar-refractivity contribution is 5.77. The van der Waals surface area contributed by atoms with Gasteiger partial charge in [0, 0.05) is 18.4 Å². The quantitative estimate of drug-likeness (QED) is 0.700. The van der Waals surface area contributed by atoms with Crippen molar-refractivity contribution in [3.05, 3.63) is 71.2 Å². The molecule has 2 aromatic heterocycles. The van der Waals surface area contributed by atoms with E-state index in [1.807, 2.05) is 67.9 Å². The molecule has 0 radical (unpaired) electrons. The third-order valence-electron chi connectivity index (χ3n) is 4.46. The Hall–Kier alpha value is -3.15. The van der Waals surface area contributed by atoms with Crippen LogP contribution in [0.4, 0.5) is 0 Å². The van der Waals surface area contributed by atoms with Gasteiger partial charge in [-0.05, 0) is 56.5 Å². The van der Waals surface area contributed by atoms with Gasteiger partial charge in [0.1, 0.15) is 5.75 Å². The summed E-state index contributed by atoms with van der Waals surface area (Å²) in [5.41, 5.74) is 4.12. The van der Waals surface area contributed by atoms with Crippen molar-refractivity contribution in [3.63, 3.8) is 0 Å². The number of rotatable bonds is 7. The van der Waals surface area contributed by atoms with E-state index in [9.17, 15) is 4.79 Å². The zero-order chi connectivity index (χ0) is 19.2. The summed E-state index contributed by atoms with van der Waals surface area (Å²) in [4.78, 5) is 16.4. The fourth-order valence-electron chi connectivity index (χ4n) is 2.98. The van der Waals surface area contributed by atoms with Gasteiger partial charge in [-0.1, -0.05) is 24.3 Å². The number of nitrogens with zero attached hydrogens (tertiary/aromatic N) is 3. The lowest BCUT2D eigenvalue weighted by molar-refractivity contribution is -0.123. The van der Waals surface area contributed by atoms with Crippen molar-refractivity contribution in [1.29, 1.82) is 0 Å². The zero-order valence-corrected chi connectivity index (χ0v) is 15.9. The van der Waals surface area contributed by atoms with Crippen molar-refractivity contribution in [3.8, 4) is 11.6 Å². The summed E-state index contributed by atoms with van der Waals surface area (Å²) >= 11 is 0. The SMILES string of the molecule is Cc1ccccc1OCC(=O)NCCc1c(C)nn(-c2ccccn2)c1C. The Morgan fingerprint density at radius 1 is 1.11 bits per heavy atom.